The molecule has 17 heavy (non-hydrogen) atoms. The van der Waals surface area contributed by atoms with Crippen LogP contribution >= 0.6 is 11.6 Å². The van der Waals surface area contributed by atoms with Crippen molar-refractivity contribution in [3.05, 3.63) is 34.9 Å². The van der Waals surface area contributed by atoms with Crippen LogP contribution in [0.1, 0.15) is 23.7 Å². The van der Waals surface area contributed by atoms with Crippen molar-refractivity contribution in [3.8, 4) is 0 Å². The number of hydrogen-bond acceptors (Lipinski definition) is 2. The van der Waals surface area contributed by atoms with Gasteiger partial charge in [0.1, 0.15) is 0 Å². The Morgan fingerprint density at radius 1 is 1.59 bits per heavy atom. The summed E-state index contributed by atoms with van der Waals surface area (Å²) >= 11 is 5.91. The highest BCUT2D eigenvalue weighted by molar-refractivity contribution is 6.30. The van der Waals surface area contributed by atoms with Crippen LogP contribution in [0.3, 0.4) is 0 Å². The molecular formula is C13H17ClN2O. The Morgan fingerprint density at radius 2 is 2.41 bits per heavy atom. The summed E-state index contributed by atoms with van der Waals surface area (Å²) < 4.78 is 0. The molecule has 4 heteroatoms. The van der Waals surface area contributed by atoms with Gasteiger partial charge in [-0.25, -0.2) is 0 Å². The molecule has 1 aliphatic rings. The highest BCUT2D eigenvalue weighted by Gasteiger charge is 2.25. The summed E-state index contributed by atoms with van der Waals surface area (Å²) in [6, 6.07) is 7.46. The van der Waals surface area contributed by atoms with Gasteiger partial charge in [-0.15, -0.1) is 0 Å². The molecule has 1 aliphatic heterocycles. The maximum absolute atomic E-state index is 12.4. The molecule has 1 unspecified atom stereocenters. The molecule has 0 saturated carbocycles. The lowest BCUT2D eigenvalue weighted by Crippen LogP contribution is -2.41. The van der Waals surface area contributed by atoms with E-state index in [0.29, 0.717) is 16.6 Å². The fraction of sp³-hybridized carbons (Fsp3) is 0.462. The Hall–Kier alpha value is -1.06. The van der Waals surface area contributed by atoms with Gasteiger partial charge in [-0.05, 0) is 38.1 Å². The van der Waals surface area contributed by atoms with Crippen molar-refractivity contribution < 1.29 is 4.79 Å². The molecule has 1 N–H and O–H groups in total. The minimum absolute atomic E-state index is 0.0729. The topological polar surface area (TPSA) is 32.3 Å². The number of nitrogens with zero attached hydrogens (tertiary/aromatic N) is 1. The summed E-state index contributed by atoms with van der Waals surface area (Å²) in [5.41, 5.74) is 0.672. The van der Waals surface area contributed by atoms with E-state index >= 15 is 0 Å². The Balaban J connectivity index is 2.16. The molecule has 1 heterocycles. The van der Waals surface area contributed by atoms with E-state index in [2.05, 4.69) is 5.32 Å². The van der Waals surface area contributed by atoms with Crippen LogP contribution in [0, 0.1) is 0 Å². The maximum Gasteiger partial charge on any atom is 0.254 e. The van der Waals surface area contributed by atoms with Gasteiger partial charge in [-0.2, -0.15) is 0 Å². The Bertz CT molecular complexity index is 402. The number of halogens is 1. The van der Waals surface area contributed by atoms with Crippen molar-refractivity contribution in [3.63, 3.8) is 0 Å². The lowest BCUT2D eigenvalue weighted by atomic mass is 10.1. The van der Waals surface area contributed by atoms with E-state index in [4.69, 9.17) is 11.6 Å². The van der Waals surface area contributed by atoms with Gasteiger partial charge in [0.05, 0.1) is 0 Å². The SMILES string of the molecule is CCN(C(=O)c1cccc(Cl)c1)C1CCNC1. The van der Waals surface area contributed by atoms with Crippen molar-refractivity contribution in [2.75, 3.05) is 19.6 Å². The standard InChI is InChI=1S/C13H17ClN2O/c1-2-16(12-6-7-15-9-12)13(17)10-4-3-5-11(14)8-10/h3-5,8,12,15H,2,6-7,9H2,1H3. The minimum Gasteiger partial charge on any atom is -0.335 e. The molecule has 92 valence electrons. The third-order valence-electron chi connectivity index (χ3n) is 3.15. The van der Waals surface area contributed by atoms with Gasteiger partial charge in [-0.3, -0.25) is 4.79 Å². The molecule has 3 nitrogen and oxygen atoms in total. The third kappa shape index (κ3) is 2.79. The zero-order valence-electron chi connectivity index (χ0n) is 9.95. The number of nitrogens with one attached hydrogen (secondary N) is 1. The van der Waals surface area contributed by atoms with E-state index in [0.717, 1.165) is 26.1 Å². The molecule has 0 aromatic heterocycles. The number of carbonyl (C=O) groups excluding carboxylic acids is 1. The highest BCUT2D eigenvalue weighted by atomic mass is 35.5. The van der Waals surface area contributed by atoms with Gasteiger partial charge >= 0.3 is 0 Å². The molecule has 0 spiro atoms. The number of benzene rings is 1. The van der Waals surface area contributed by atoms with Crippen LogP contribution in [0.4, 0.5) is 0 Å². The van der Waals surface area contributed by atoms with Crippen LogP contribution < -0.4 is 5.32 Å². The summed E-state index contributed by atoms with van der Waals surface area (Å²) in [6.07, 6.45) is 1.03. The first-order chi connectivity index (χ1) is 8.22. The molecule has 0 aliphatic carbocycles. The Labute approximate surface area is 107 Å². The van der Waals surface area contributed by atoms with E-state index in [1.54, 1.807) is 12.1 Å². The van der Waals surface area contributed by atoms with Crippen LogP contribution in [0.25, 0.3) is 0 Å². The average Bonchev–Trinajstić information content (AvgIpc) is 2.83. The van der Waals surface area contributed by atoms with Crippen LogP contribution in [-0.4, -0.2) is 36.5 Å². The molecule has 1 saturated heterocycles. The normalized spacial score (nSPS) is 19.3. The van der Waals surface area contributed by atoms with Gasteiger partial charge in [0.15, 0.2) is 0 Å². The lowest BCUT2D eigenvalue weighted by Gasteiger charge is -2.27. The summed E-state index contributed by atoms with van der Waals surface area (Å²) in [5, 5.41) is 3.89. The first-order valence-corrected chi connectivity index (χ1v) is 6.37. The smallest absolute Gasteiger partial charge is 0.254 e. The number of carbonyl (C=O) groups is 1. The number of likely N-dealkylation sites (N-methyl/N-ethyl adjacent to an activating group) is 1. The summed E-state index contributed by atoms with van der Waals surface area (Å²) in [7, 11) is 0. The van der Waals surface area contributed by atoms with Gasteiger partial charge in [0.25, 0.3) is 5.91 Å². The van der Waals surface area contributed by atoms with E-state index in [-0.39, 0.29) is 5.91 Å². The molecule has 0 radical (unpaired) electrons. The molecule has 1 fully saturated rings. The second-order valence-electron chi connectivity index (χ2n) is 4.25. The van der Waals surface area contributed by atoms with Gasteiger partial charge in [0.2, 0.25) is 0 Å². The zero-order chi connectivity index (χ0) is 12.3. The minimum atomic E-state index is 0.0729. The van der Waals surface area contributed by atoms with Gasteiger partial charge in [0, 0.05) is 29.7 Å². The molecule has 2 rings (SSSR count). The zero-order valence-corrected chi connectivity index (χ0v) is 10.7. The molecule has 1 aromatic carbocycles. The van der Waals surface area contributed by atoms with Crippen molar-refractivity contribution >= 4 is 17.5 Å². The van der Waals surface area contributed by atoms with Crippen LogP contribution in [0.2, 0.25) is 5.02 Å². The van der Waals surface area contributed by atoms with Crippen molar-refractivity contribution in [1.82, 2.24) is 10.2 Å². The summed E-state index contributed by atoms with van der Waals surface area (Å²) in [4.78, 5) is 14.3. The van der Waals surface area contributed by atoms with E-state index in [1.165, 1.54) is 0 Å². The Morgan fingerprint density at radius 3 is 3.00 bits per heavy atom. The van der Waals surface area contributed by atoms with Crippen LogP contribution in [-0.2, 0) is 0 Å². The van der Waals surface area contributed by atoms with Crippen LogP contribution in [0.15, 0.2) is 24.3 Å². The van der Waals surface area contributed by atoms with E-state index in [1.807, 2.05) is 24.0 Å². The monoisotopic (exact) mass is 252 g/mol. The summed E-state index contributed by atoms with van der Waals surface area (Å²) in [6.45, 7) is 4.63. The molecule has 1 amide bonds. The average molecular weight is 253 g/mol. The fourth-order valence-corrected chi connectivity index (χ4v) is 2.45. The second kappa shape index (κ2) is 5.52. The van der Waals surface area contributed by atoms with Gasteiger partial charge < -0.3 is 10.2 Å². The predicted molar refractivity (Wildman–Crippen MR) is 69.4 cm³/mol. The Kier molecular flexibility index (Phi) is 4.02. The second-order valence-corrected chi connectivity index (χ2v) is 4.68. The quantitative estimate of drug-likeness (QED) is 0.894. The first kappa shape index (κ1) is 12.4. The van der Waals surface area contributed by atoms with Crippen molar-refractivity contribution in [2.24, 2.45) is 0 Å². The van der Waals surface area contributed by atoms with E-state index < -0.39 is 0 Å². The fourth-order valence-electron chi connectivity index (χ4n) is 2.26. The molecule has 1 aromatic rings. The number of hydrogen-bond donors (Lipinski definition) is 1. The number of rotatable bonds is 3. The van der Waals surface area contributed by atoms with Crippen LogP contribution in [0.5, 0.6) is 0 Å². The van der Waals surface area contributed by atoms with E-state index in [9.17, 15) is 4.79 Å². The van der Waals surface area contributed by atoms with Crippen molar-refractivity contribution in [2.45, 2.75) is 19.4 Å². The first-order valence-electron chi connectivity index (χ1n) is 5.99. The maximum atomic E-state index is 12.4. The highest BCUT2D eigenvalue weighted by Crippen LogP contribution is 2.16. The predicted octanol–water partition coefficient (Wildman–Crippen LogP) is 2.16. The van der Waals surface area contributed by atoms with Crippen molar-refractivity contribution in [1.29, 1.82) is 0 Å². The third-order valence-corrected chi connectivity index (χ3v) is 3.38. The van der Waals surface area contributed by atoms with Gasteiger partial charge in [-0.1, -0.05) is 17.7 Å². The lowest BCUT2D eigenvalue weighted by molar-refractivity contribution is 0.0704. The molecule has 0 bridgehead atoms. The molecular weight excluding hydrogens is 236 g/mol. The molecule has 1 atom stereocenters. The number of amides is 1. The largest absolute Gasteiger partial charge is 0.335 e. The summed E-state index contributed by atoms with van der Waals surface area (Å²) in [5.74, 6) is 0.0729.